The molecule has 0 radical (unpaired) electrons. The van der Waals surface area contributed by atoms with Gasteiger partial charge in [-0.25, -0.2) is 9.13 Å². The van der Waals surface area contributed by atoms with E-state index in [9.17, 15) is 43.2 Å². The molecule has 522 valence electrons. The highest BCUT2D eigenvalue weighted by Gasteiger charge is 2.30. The van der Waals surface area contributed by atoms with Crippen LogP contribution in [0.15, 0.2) is 0 Å². The van der Waals surface area contributed by atoms with Gasteiger partial charge in [0.25, 0.3) is 0 Å². The SMILES string of the molecule is CCCCCCCCCCCC(=O)O[C@H](COC(=O)CCCCCCC)COP(=O)(O)OC[C@H](O)COP(=O)(O)OC[C@@H](COC(=O)CCCCCCCCCCCCCCCC(C)C)OC(=O)CCCCCCCCCCCCCCCCCC(C)C. The number of aliphatic hydroxyl groups is 1. The predicted molar refractivity (Wildman–Crippen MR) is 354 cm³/mol. The lowest BCUT2D eigenvalue weighted by atomic mass is 10.0. The molecule has 0 spiro atoms. The molecule has 0 saturated carbocycles. The molecule has 0 bridgehead atoms. The average Bonchev–Trinajstić information content (AvgIpc) is 3.65. The predicted octanol–water partition coefficient (Wildman–Crippen LogP) is 19.6. The number of aliphatic hydroxyl groups excluding tert-OH is 1. The lowest BCUT2D eigenvalue weighted by molar-refractivity contribution is -0.161. The van der Waals surface area contributed by atoms with E-state index in [1.54, 1.807) is 0 Å². The van der Waals surface area contributed by atoms with Gasteiger partial charge in [-0.3, -0.25) is 37.3 Å². The van der Waals surface area contributed by atoms with Crippen molar-refractivity contribution in [3.05, 3.63) is 0 Å². The topological polar surface area (TPSA) is 237 Å². The second-order valence-corrected chi connectivity index (χ2v) is 28.8. The van der Waals surface area contributed by atoms with E-state index in [1.807, 2.05) is 0 Å². The van der Waals surface area contributed by atoms with Gasteiger partial charge < -0.3 is 33.8 Å². The monoisotopic (exact) mass is 1300 g/mol. The molecule has 0 fully saturated rings. The Bertz CT molecular complexity index is 1720. The molecule has 0 aromatic rings. The third-order valence-corrected chi connectivity index (χ3v) is 17.9. The fourth-order valence-electron chi connectivity index (χ4n) is 10.4. The standard InChI is InChI=1S/C69H134O17P2/c1-7-9-11-13-14-27-35-41-47-53-68(73)85-64(57-79-66(71)51-45-37-12-10-8-2)59-83-87(75,76)81-55-63(70)56-82-88(77,78)84-60-65(58-80-67(72)52-46-40-34-30-25-22-18-20-24-29-33-39-44-50-62(5)6)86-69(74)54-48-42-36-31-26-21-17-15-16-19-23-28-32-38-43-49-61(3)4/h61-65,70H,7-60H2,1-6H3,(H,75,76)(H,77,78)/t63-,64+,65+/m0/s1. The van der Waals surface area contributed by atoms with Crippen LogP contribution in [0.4, 0.5) is 0 Å². The summed E-state index contributed by atoms with van der Waals surface area (Å²) in [5.41, 5.74) is 0. The Labute approximate surface area is 537 Å². The molecule has 0 rings (SSSR count). The molecule has 3 N–H and O–H groups in total. The number of carbonyl (C=O) groups is 4. The van der Waals surface area contributed by atoms with Crippen LogP contribution in [-0.2, 0) is 65.4 Å². The first-order valence-corrected chi connectivity index (χ1v) is 39.0. The van der Waals surface area contributed by atoms with E-state index >= 15 is 0 Å². The van der Waals surface area contributed by atoms with Crippen molar-refractivity contribution in [2.75, 3.05) is 39.6 Å². The number of ether oxygens (including phenoxy) is 4. The van der Waals surface area contributed by atoms with Gasteiger partial charge in [0.05, 0.1) is 26.4 Å². The van der Waals surface area contributed by atoms with Crippen LogP contribution in [0.25, 0.3) is 0 Å². The fourth-order valence-corrected chi connectivity index (χ4v) is 12.0. The van der Waals surface area contributed by atoms with Gasteiger partial charge in [0, 0.05) is 25.7 Å². The molecule has 5 atom stereocenters. The minimum absolute atomic E-state index is 0.105. The van der Waals surface area contributed by atoms with E-state index in [-0.39, 0.29) is 25.7 Å². The van der Waals surface area contributed by atoms with Crippen LogP contribution in [0.5, 0.6) is 0 Å². The van der Waals surface area contributed by atoms with Crippen molar-refractivity contribution in [3.8, 4) is 0 Å². The summed E-state index contributed by atoms with van der Waals surface area (Å²) in [6.07, 6.45) is 46.2. The quantitative estimate of drug-likeness (QED) is 0.0222. The number of phosphoric ester groups is 2. The normalized spacial score (nSPS) is 14.2. The molecule has 0 amide bonds. The van der Waals surface area contributed by atoms with Crippen molar-refractivity contribution in [1.82, 2.24) is 0 Å². The Kier molecular flexibility index (Phi) is 59.9. The number of carbonyl (C=O) groups excluding carboxylic acids is 4. The van der Waals surface area contributed by atoms with Gasteiger partial charge in [-0.2, -0.15) is 0 Å². The van der Waals surface area contributed by atoms with E-state index in [0.29, 0.717) is 25.7 Å². The largest absolute Gasteiger partial charge is 0.472 e. The second kappa shape index (κ2) is 61.3. The Morgan fingerprint density at radius 1 is 0.307 bits per heavy atom. The van der Waals surface area contributed by atoms with Crippen molar-refractivity contribution < 1.29 is 80.2 Å². The highest BCUT2D eigenvalue weighted by atomic mass is 31.2. The van der Waals surface area contributed by atoms with Crippen molar-refractivity contribution in [2.45, 2.75) is 368 Å². The Morgan fingerprint density at radius 2 is 0.523 bits per heavy atom. The highest BCUT2D eigenvalue weighted by Crippen LogP contribution is 2.45. The van der Waals surface area contributed by atoms with Crippen molar-refractivity contribution in [3.63, 3.8) is 0 Å². The number of hydrogen-bond donors (Lipinski definition) is 3. The molecular weight excluding hydrogens is 1160 g/mol. The zero-order valence-electron chi connectivity index (χ0n) is 57.0. The molecule has 0 heterocycles. The van der Waals surface area contributed by atoms with Gasteiger partial charge in [0.15, 0.2) is 12.2 Å². The van der Waals surface area contributed by atoms with Gasteiger partial charge >= 0.3 is 39.5 Å². The maximum atomic E-state index is 13.0. The third kappa shape index (κ3) is 62.8. The van der Waals surface area contributed by atoms with Gasteiger partial charge in [0.2, 0.25) is 0 Å². The molecule has 0 aliphatic heterocycles. The van der Waals surface area contributed by atoms with Crippen LogP contribution in [-0.4, -0.2) is 96.7 Å². The molecule has 0 aromatic carbocycles. The third-order valence-electron chi connectivity index (χ3n) is 16.0. The van der Waals surface area contributed by atoms with Crippen molar-refractivity contribution in [1.29, 1.82) is 0 Å². The van der Waals surface area contributed by atoms with Crippen LogP contribution in [0.2, 0.25) is 0 Å². The van der Waals surface area contributed by atoms with E-state index in [0.717, 1.165) is 108 Å². The van der Waals surface area contributed by atoms with Crippen LogP contribution < -0.4 is 0 Å². The van der Waals surface area contributed by atoms with Gasteiger partial charge in [-0.05, 0) is 37.5 Å². The second-order valence-electron chi connectivity index (χ2n) is 25.9. The number of unbranched alkanes of at least 4 members (excludes halogenated alkanes) is 38. The summed E-state index contributed by atoms with van der Waals surface area (Å²) < 4.78 is 68.0. The summed E-state index contributed by atoms with van der Waals surface area (Å²) in [6, 6.07) is 0. The maximum absolute atomic E-state index is 13.0. The molecule has 0 saturated heterocycles. The first-order chi connectivity index (χ1) is 42.4. The number of esters is 4. The first-order valence-electron chi connectivity index (χ1n) is 36.0. The maximum Gasteiger partial charge on any atom is 0.472 e. The summed E-state index contributed by atoms with van der Waals surface area (Å²) >= 11 is 0. The number of hydrogen-bond acceptors (Lipinski definition) is 15. The van der Waals surface area contributed by atoms with E-state index in [2.05, 4.69) is 41.5 Å². The van der Waals surface area contributed by atoms with Crippen LogP contribution >= 0.6 is 15.6 Å². The van der Waals surface area contributed by atoms with E-state index in [1.165, 1.54) is 161 Å². The van der Waals surface area contributed by atoms with Crippen LogP contribution in [0.1, 0.15) is 350 Å². The van der Waals surface area contributed by atoms with Crippen LogP contribution in [0.3, 0.4) is 0 Å². The molecule has 2 unspecified atom stereocenters. The molecule has 88 heavy (non-hydrogen) atoms. The molecule has 0 aliphatic carbocycles. The summed E-state index contributed by atoms with van der Waals surface area (Å²) in [5.74, 6) is -0.544. The Hall–Kier alpha value is -1.94. The zero-order valence-corrected chi connectivity index (χ0v) is 58.8. The Balaban J connectivity index is 5.14. The smallest absolute Gasteiger partial charge is 0.462 e. The fraction of sp³-hybridized carbons (Fsp3) is 0.942. The van der Waals surface area contributed by atoms with Gasteiger partial charge in [-0.15, -0.1) is 0 Å². The summed E-state index contributed by atoms with van der Waals surface area (Å²) in [4.78, 5) is 72.1. The number of phosphoric acid groups is 2. The Morgan fingerprint density at radius 3 is 0.773 bits per heavy atom. The van der Waals surface area contributed by atoms with Crippen molar-refractivity contribution in [2.24, 2.45) is 11.8 Å². The molecule has 17 nitrogen and oxygen atoms in total. The molecule has 19 heteroatoms. The summed E-state index contributed by atoms with van der Waals surface area (Å²) in [6.45, 7) is 9.48. The molecule has 0 aromatic heterocycles. The van der Waals surface area contributed by atoms with Crippen LogP contribution in [0, 0.1) is 11.8 Å². The molecule has 0 aliphatic rings. The first kappa shape index (κ1) is 86.1. The average molecular weight is 1300 g/mol. The van der Waals surface area contributed by atoms with Gasteiger partial charge in [-0.1, -0.05) is 298 Å². The minimum Gasteiger partial charge on any atom is -0.462 e. The zero-order chi connectivity index (χ0) is 65.0. The molecular formula is C69H134O17P2. The van der Waals surface area contributed by atoms with E-state index < -0.39 is 97.5 Å². The minimum atomic E-state index is -4.95. The van der Waals surface area contributed by atoms with E-state index in [4.69, 9.17) is 37.0 Å². The lowest BCUT2D eigenvalue weighted by Crippen LogP contribution is -2.30. The highest BCUT2D eigenvalue weighted by molar-refractivity contribution is 7.47. The van der Waals surface area contributed by atoms with Gasteiger partial charge in [0.1, 0.15) is 19.3 Å². The summed E-state index contributed by atoms with van der Waals surface area (Å²) in [5, 5.41) is 10.5. The number of rotatable bonds is 68. The summed E-state index contributed by atoms with van der Waals surface area (Å²) in [7, 11) is -9.88. The lowest BCUT2D eigenvalue weighted by Gasteiger charge is -2.21. The van der Waals surface area contributed by atoms with Crippen molar-refractivity contribution >= 4 is 39.5 Å².